The van der Waals surface area contributed by atoms with Crippen LogP contribution in [0, 0.1) is 18.3 Å². The largest absolute Gasteiger partial charge is 0.353 e. The molecule has 5 heteroatoms. The van der Waals surface area contributed by atoms with E-state index in [1.54, 1.807) is 11.0 Å². The van der Waals surface area contributed by atoms with Crippen LogP contribution in [0.2, 0.25) is 0 Å². The van der Waals surface area contributed by atoms with Crippen molar-refractivity contribution in [2.75, 3.05) is 31.1 Å². The van der Waals surface area contributed by atoms with E-state index in [-0.39, 0.29) is 0 Å². The molecule has 0 bridgehead atoms. The number of nitriles is 1. The number of anilines is 1. The number of aryl methyl sites for hydroxylation is 1. The van der Waals surface area contributed by atoms with Gasteiger partial charge in [-0.3, -0.25) is 4.79 Å². The van der Waals surface area contributed by atoms with Gasteiger partial charge in [0, 0.05) is 26.2 Å². The van der Waals surface area contributed by atoms with Crippen LogP contribution in [0.1, 0.15) is 11.3 Å². The lowest BCUT2D eigenvalue weighted by Gasteiger charge is -2.33. The number of amides is 1. The van der Waals surface area contributed by atoms with Gasteiger partial charge in [0.25, 0.3) is 0 Å². The average Bonchev–Trinajstić information content (AvgIpc) is 2.39. The highest BCUT2D eigenvalue weighted by atomic mass is 16.1. The molecule has 1 amide bonds. The van der Waals surface area contributed by atoms with E-state index < -0.39 is 0 Å². The van der Waals surface area contributed by atoms with Crippen molar-refractivity contribution >= 4 is 12.2 Å². The van der Waals surface area contributed by atoms with E-state index in [1.165, 1.54) is 0 Å². The normalized spacial score (nSPS) is 15.5. The number of aromatic nitrogens is 1. The van der Waals surface area contributed by atoms with Gasteiger partial charge in [-0.05, 0) is 19.1 Å². The molecule has 2 heterocycles. The lowest BCUT2D eigenvalue weighted by atomic mass is 10.2. The molecule has 0 atom stereocenters. The molecule has 0 N–H and O–H groups in total. The molecule has 1 saturated heterocycles. The van der Waals surface area contributed by atoms with Crippen LogP contribution in [0.5, 0.6) is 0 Å². The molecule has 2 rings (SSSR count). The maximum atomic E-state index is 10.6. The van der Waals surface area contributed by atoms with E-state index in [9.17, 15) is 4.79 Å². The van der Waals surface area contributed by atoms with Crippen molar-refractivity contribution in [3.8, 4) is 6.07 Å². The Labute approximate surface area is 100 Å². The van der Waals surface area contributed by atoms with Crippen molar-refractivity contribution in [1.29, 1.82) is 5.26 Å². The zero-order valence-corrected chi connectivity index (χ0v) is 9.76. The van der Waals surface area contributed by atoms with Gasteiger partial charge in [-0.2, -0.15) is 5.26 Å². The molecule has 1 fully saturated rings. The minimum atomic E-state index is 0.611. The highest BCUT2D eigenvalue weighted by Crippen LogP contribution is 2.15. The van der Waals surface area contributed by atoms with Crippen molar-refractivity contribution in [1.82, 2.24) is 9.88 Å². The van der Waals surface area contributed by atoms with Gasteiger partial charge < -0.3 is 9.80 Å². The van der Waals surface area contributed by atoms with Crippen LogP contribution in [0.25, 0.3) is 0 Å². The second kappa shape index (κ2) is 4.83. The molecule has 5 nitrogen and oxygen atoms in total. The smallest absolute Gasteiger partial charge is 0.209 e. The van der Waals surface area contributed by atoms with Crippen LogP contribution >= 0.6 is 0 Å². The summed E-state index contributed by atoms with van der Waals surface area (Å²) in [5.74, 6) is 0.882. The number of rotatable bonds is 2. The van der Waals surface area contributed by atoms with Crippen LogP contribution in [0.15, 0.2) is 12.1 Å². The van der Waals surface area contributed by atoms with Gasteiger partial charge in [0.2, 0.25) is 6.41 Å². The molecule has 17 heavy (non-hydrogen) atoms. The molecule has 1 aliphatic rings. The van der Waals surface area contributed by atoms with E-state index in [1.807, 2.05) is 13.0 Å². The summed E-state index contributed by atoms with van der Waals surface area (Å²) in [6.07, 6.45) is 0.884. The first kappa shape index (κ1) is 11.4. The fourth-order valence-electron chi connectivity index (χ4n) is 1.90. The average molecular weight is 230 g/mol. The number of pyridine rings is 1. The Morgan fingerprint density at radius 2 is 2.06 bits per heavy atom. The second-order valence-corrected chi connectivity index (χ2v) is 4.04. The molecular formula is C12H14N4O. The van der Waals surface area contributed by atoms with Crippen LogP contribution < -0.4 is 4.90 Å². The Kier molecular flexibility index (Phi) is 3.24. The number of nitrogens with zero attached hydrogens (tertiary/aromatic N) is 4. The van der Waals surface area contributed by atoms with Gasteiger partial charge >= 0.3 is 0 Å². The highest BCUT2D eigenvalue weighted by molar-refractivity contribution is 5.50. The zero-order valence-electron chi connectivity index (χ0n) is 9.76. The lowest BCUT2D eigenvalue weighted by molar-refractivity contribution is -0.118. The van der Waals surface area contributed by atoms with Crippen molar-refractivity contribution in [2.45, 2.75) is 6.92 Å². The fourth-order valence-corrected chi connectivity index (χ4v) is 1.90. The summed E-state index contributed by atoms with van der Waals surface area (Å²) in [6.45, 7) is 4.87. The van der Waals surface area contributed by atoms with Gasteiger partial charge in [0.05, 0.1) is 11.3 Å². The highest BCUT2D eigenvalue weighted by Gasteiger charge is 2.16. The number of carbonyl (C=O) groups excluding carboxylic acids is 1. The minimum absolute atomic E-state index is 0.611. The van der Waals surface area contributed by atoms with E-state index in [4.69, 9.17) is 5.26 Å². The third-order valence-corrected chi connectivity index (χ3v) is 2.98. The summed E-state index contributed by atoms with van der Waals surface area (Å²) in [5, 5.41) is 8.84. The Balaban J connectivity index is 2.11. The Morgan fingerprint density at radius 1 is 1.35 bits per heavy atom. The summed E-state index contributed by atoms with van der Waals surface area (Å²) in [7, 11) is 0. The Bertz CT molecular complexity index is 458. The topological polar surface area (TPSA) is 60.2 Å². The fraction of sp³-hybridized carbons (Fsp3) is 0.417. The third-order valence-electron chi connectivity index (χ3n) is 2.98. The summed E-state index contributed by atoms with van der Waals surface area (Å²) in [5.41, 5.74) is 1.36. The Morgan fingerprint density at radius 3 is 2.59 bits per heavy atom. The van der Waals surface area contributed by atoms with Crippen molar-refractivity contribution in [3.63, 3.8) is 0 Å². The Hall–Kier alpha value is -2.09. The van der Waals surface area contributed by atoms with E-state index in [0.717, 1.165) is 44.1 Å². The number of carbonyl (C=O) groups is 1. The quantitative estimate of drug-likeness (QED) is 0.696. The molecule has 1 aliphatic heterocycles. The molecule has 0 aromatic carbocycles. The molecule has 1 aromatic rings. The van der Waals surface area contributed by atoms with Gasteiger partial charge in [0.15, 0.2) is 0 Å². The van der Waals surface area contributed by atoms with Gasteiger partial charge in [0.1, 0.15) is 11.9 Å². The van der Waals surface area contributed by atoms with Gasteiger partial charge in [-0.25, -0.2) is 4.98 Å². The zero-order chi connectivity index (χ0) is 12.3. The first-order valence-electron chi connectivity index (χ1n) is 5.56. The predicted molar refractivity (Wildman–Crippen MR) is 63.5 cm³/mol. The first-order chi connectivity index (χ1) is 8.24. The van der Waals surface area contributed by atoms with Gasteiger partial charge in [-0.1, -0.05) is 0 Å². The predicted octanol–water partition coefficient (Wildman–Crippen LogP) is 0.540. The standard InChI is InChI=1S/C12H14N4O/c1-10-11(8-13)2-3-12(14-10)16-6-4-15(9-17)5-7-16/h2-3,9H,4-7H2,1H3. The molecule has 0 radical (unpaired) electrons. The third kappa shape index (κ3) is 2.36. The maximum Gasteiger partial charge on any atom is 0.209 e. The molecule has 0 spiro atoms. The first-order valence-corrected chi connectivity index (χ1v) is 5.56. The minimum Gasteiger partial charge on any atom is -0.353 e. The molecule has 0 saturated carbocycles. The van der Waals surface area contributed by atoms with E-state index >= 15 is 0 Å². The molecule has 0 unspecified atom stereocenters. The summed E-state index contributed by atoms with van der Waals surface area (Å²) in [4.78, 5) is 18.9. The van der Waals surface area contributed by atoms with Crippen molar-refractivity contribution in [3.05, 3.63) is 23.4 Å². The number of hydrogen-bond donors (Lipinski definition) is 0. The maximum absolute atomic E-state index is 10.6. The summed E-state index contributed by atoms with van der Waals surface area (Å²) < 4.78 is 0. The van der Waals surface area contributed by atoms with Crippen LogP contribution in [0.3, 0.4) is 0 Å². The summed E-state index contributed by atoms with van der Waals surface area (Å²) in [6, 6.07) is 5.76. The monoisotopic (exact) mass is 230 g/mol. The molecule has 88 valence electrons. The van der Waals surface area contributed by atoms with Gasteiger partial charge in [-0.15, -0.1) is 0 Å². The van der Waals surface area contributed by atoms with Crippen LogP contribution in [0.4, 0.5) is 5.82 Å². The van der Waals surface area contributed by atoms with E-state index in [2.05, 4.69) is 16.0 Å². The van der Waals surface area contributed by atoms with Crippen molar-refractivity contribution in [2.24, 2.45) is 0 Å². The molecular weight excluding hydrogens is 216 g/mol. The molecule has 1 aromatic heterocycles. The van der Waals surface area contributed by atoms with Crippen LogP contribution in [-0.4, -0.2) is 42.5 Å². The molecule has 0 aliphatic carbocycles. The number of hydrogen-bond acceptors (Lipinski definition) is 4. The summed E-state index contributed by atoms with van der Waals surface area (Å²) >= 11 is 0. The lowest BCUT2D eigenvalue weighted by Crippen LogP contribution is -2.46. The number of piperazine rings is 1. The SMILES string of the molecule is Cc1nc(N2CCN(C=O)CC2)ccc1C#N. The van der Waals surface area contributed by atoms with Crippen molar-refractivity contribution < 1.29 is 4.79 Å². The second-order valence-electron chi connectivity index (χ2n) is 4.04. The van der Waals surface area contributed by atoms with E-state index in [0.29, 0.717) is 5.56 Å². The van der Waals surface area contributed by atoms with Crippen LogP contribution in [-0.2, 0) is 4.79 Å².